The van der Waals surface area contributed by atoms with Gasteiger partial charge in [0, 0.05) is 44.1 Å². The van der Waals surface area contributed by atoms with Crippen LogP contribution in [0.4, 0.5) is 0 Å². The van der Waals surface area contributed by atoms with Crippen LogP contribution >= 0.6 is 0 Å². The van der Waals surface area contributed by atoms with E-state index in [1.165, 1.54) is 6.20 Å². The molecule has 128 valence electrons. The monoisotopic (exact) mass is 329 g/mol. The minimum Gasteiger partial charge on any atom is -0.337 e. The van der Waals surface area contributed by atoms with Crippen molar-refractivity contribution in [2.45, 2.75) is 45.1 Å². The summed E-state index contributed by atoms with van der Waals surface area (Å²) in [7, 11) is 0. The molecule has 0 bridgehead atoms. The molecule has 0 aromatic carbocycles. The van der Waals surface area contributed by atoms with Crippen LogP contribution in [0, 0.1) is 0 Å². The topological polar surface area (TPSA) is 83.9 Å². The van der Waals surface area contributed by atoms with E-state index in [-0.39, 0.29) is 23.1 Å². The number of rotatable bonds is 5. The first-order valence-corrected chi connectivity index (χ1v) is 8.54. The third-order valence-corrected chi connectivity index (χ3v) is 4.47. The van der Waals surface area contributed by atoms with Gasteiger partial charge >= 0.3 is 0 Å². The zero-order valence-electron chi connectivity index (χ0n) is 13.9. The summed E-state index contributed by atoms with van der Waals surface area (Å²) in [6.45, 7) is 4.50. The van der Waals surface area contributed by atoms with Crippen LogP contribution in [-0.2, 0) is 6.54 Å². The number of amides is 1. The lowest BCUT2D eigenvalue weighted by atomic mass is 9.96. The average Bonchev–Trinajstić information content (AvgIpc) is 3.08. The van der Waals surface area contributed by atoms with Crippen molar-refractivity contribution in [3.05, 3.63) is 46.7 Å². The highest BCUT2D eigenvalue weighted by Crippen LogP contribution is 2.26. The molecule has 1 fully saturated rings. The van der Waals surface area contributed by atoms with Gasteiger partial charge in [-0.3, -0.25) is 9.59 Å². The molecule has 0 saturated carbocycles. The standard InChI is InChI=1S/C17H23N5O2/c1-2-3-7-21-9-6-18-16(21)13-5-4-8-22(12-13)17(24)14-10-20-15(23)11-19-14/h6,9-11,13H,2-5,7-8,12H2,1H3,(H,20,23)/t13-/m0/s1. The lowest BCUT2D eigenvalue weighted by Crippen LogP contribution is -2.40. The van der Waals surface area contributed by atoms with E-state index < -0.39 is 0 Å². The van der Waals surface area contributed by atoms with E-state index in [9.17, 15) is 9.59 Å². The number of aromatic nitrogens is 4. The molecule has 1 atom stereocenters. The highest BCUT2D eigenvalue weighted by Gasteiger charge is 2.28. The molecule has 7 heteroatoms. The number of piperidine rings is 1. The first kappa shape index (κ1) is 16.4. The van der Waals surface area contributed by atoms with Crippen LogP contribution in [0.15, 0.2) is 29.6 Å². The van der Waals surface area contributed by atoms with Crippen LogP contribution < -0.4 is 5.56 Å². The second kappa shape index (κ2) is 7.42. The number of carbonyl (C=O) groups is 1. The number of nitrogens with one attached hydrogen (secondary N) is 1. The fourth-order valence-corrected chi connectivity index (χ4v) is 3.19. The molecule has 0 aliphatic carbocycles. The molecule has 0 spiro atoms. The summed E-state index contributed by atoms with van der Waals surface area (Å²) in [5.74, 6) is 1.18. The van der Waals surface area contributed by atoms with Gasteiger partial charge < -0.3 is 14.5 Å². The van der Waals surface area contributed by atoms with Gasteiger partial charge in [-0.15, -0.1) is 0 Å². The number of H-pyrrole nitrogens is 1. The lowest BCUT2D eigenvalue weighted by Gasteiger charge is -2.32. The van der Waals surface area contributed by atoms with Crippen molar-refractivity contribution in [2.75, 3.05) is 13.1 Å². The van der Waals surface area contributed by atoms with E-state index in [2.05, 4.69) is 26.4 Å². The van der Waals surface area contributed by atoms with Crippen molar-refractivity contribution in [3.63, 3.8) is 0 Å². The molecule has 0 unspecified atom stereocenters. The highest BCUT2D eigenvalue weighted by atomic mass is 16.2. The summed E-state index contributed by atoms with van der Waals surface area (Å²) in [6.07, 6.45) is 10.6. The summed E-state index contributed by atoms with van der Waals surface area (Å²) in [6, 6.07) is 0. The van der Waals surface area contributed by atoms with Crippen LogP contribution in [-0.4, -0.2) is 43.4 Å². The second-order valence-corrected chi connectivity index (χ2v) is 6.22. The Kier molecular flexibility index (Phi) is 5.08. The molecule has 2 aromatic heterocycles. The minimum absolute atomic E-state index is 0.136. The largest absolute Gasteiger partial charge is 0.337 e. The van der Waals surface area contributed by atoms with E-state index in [0.717, 1.165) is 44.2 Å². The number of aryl methyl sites for hydroxylation is 1. The van der Waals surface area contributed by atoms with Gasteiger partial charge in [0.1, 0.15) is 11.5 Å². The van der Waals surface area contributed by atoms with Gasteiger partial charge in [-0.05, 0) is 19.3 Å². The maximum absolute atomic E-state index is 12.6. The Morgan fingerprint density at radius 1 is 1.42 bits per heavy atom. The molecule has 24 heavy (non-hydrogen) atoms. The smallest absolute Gasteiger partial charge is 0.273 e. The Hall–Kier alpha value is -2.44. The fourth-order valence-electron chi connectivity index (χ4n) is 3.19. The molecule has 2 aromatic rings. The Bertz CT molecular complexity index is 731. The van der Waals surface area contributed by atoms with Crippen molar-refractivity contribution in [1.29, 1.82) is 0 Å². The summed E-state index contributed by atoms with van der Waals surface area (Å²) in [5.41, 5.74) is -0.0226. The molecule has 1 aliphatic heterocycles. The first-order valence-electron chi connectivity index (χ1n) is 8.54. The summed E-state index contributed by atoms with van der Waals surface area (Å²) in [5, 5.41) is 0. The molecule has 1 amide bonds. The van der Waals surface area contributed by atoms with Gasteiger partial charge in [0.25, 0.3) is 11.5 Å². The summed E-state index contributed by atoms with van der Waals surface area (Å²) >= 11 is 0. The van der Waals surface area contributed by atoms with E-state index in [4.69, 9.17) is 0 Å². The maximum atomic E-state index is 12.6. The lowest BCUT2D eigenvalue weighted by molar-refractivity contribution is 0.0696. The number of imidazole rings is 1. The molecule has 1 aliphatic rings. The van der Waals surface area contributed by atoms with Crippen LogP contribution in [0.25, 0.3) is 0 Å². The van der Waals surface area contributed by atoms with E-state index in [0.29, 0.717) is 13.1 Å². The molecule has 3 heterocycles. The van der Waals surface area contributed by atoms with Crippen LogP contribution in [0.2, 0.25) is 0 Å². The predicted molar refractivity (Wildman–Crippen MR) is 89.9 cm³/mol. The third kappa shape index (κ3) is 3.55. The van der Waals surface area contributed by atoms with Crippen LogP contribution in [0.3, 0.4) is 0 Å². The van der Waals surface area contributed by atoms with E-state index >= 15 is 0 Å². The van der Waals surface area contributed by atoms with Gasteiger partial charge in [-0.1, -0.05) is 13.3 Å². The zero-order valence-corrected chi connectivity index (χ0v) is 13.9. The Balaban J connectivity index is 1.72. The Morgan fingerprint density at radius 2 is 2.29 bits per heavy atom. The van der Waals surface area contributed by atoms with E-state index in [1.807, 2.05) is 17.3 Å². The molecule has 1 saturated heterocycles. The van der Waals surface area contributed by atoms with Gasteiger partial charge in [0.2, 0.25) is 0 Å². The molecule has 1 N–H and O–H groups in total. The van der Waals surface area contributed by atoms with Gasteiger partial charge in [0.05, 0.1) is 6.20 Å². The second-order valence-electron chi connectivity index (χ2n) is 6.22. The number of likely N-dealkylation sites (tertiary alicyclic amines) is 1. The Labute approximate surface area is 140 Å². The highest BCUT2D eigenvalue weighted by molar-refractivity contribution is 5.92. The molecular weight excluding hydrogens is 306 g/mol. The predicted octanol–water partition coefficient (Wildman–Crippen LogP) is 1.79. The molecule has 7 nitrogen and oxygen atoms in total. The number of hydrogen-bond acceptors (Lipinski definition) is 4. The normalized spacial score (nSPS) is 17.9. The third-order valence-electron chi connectivity index (χ3n) is 4.47. The van der Waals surface area contributed by atoms with Gasteiger partial charge in [-0.25, -0.2) is 9.97 Å². The van der Waals surface area contributed by atoms with Crippen LogP contribution in [0.1, 0.15) is 54.8 Å². The fraction of sp³-hybridized carbons (Fsp3) is 0.529. The zero-order chi connectivity index (χ0) is 16.9. The molecule has 0 radical (unpaired) electrons. The Morgan fingerprint density at radius 3 is 3.04 bits per heavy atom. The number of hydrogen-bond donors (Lipinski definition) is 1. The van der Waals surface area contributed by atoms with Gasteiger partial charge in [0.15, 0.2) is 0 Å². The van der Waals surface area contributed by atoms with Crippen molar-refractivity contribution in [3.8, 4) is 0 Å². The number of nitrogens with zero attached hydrogens (tertiary/aromatic N) is 4. The number of unbranched alkanes of at least 4 members (excludes halogenated alkanes) is 1. The van der Waals surface area contributed by atoms with Crippen molar-refractivity contribution >= 4 is 5.91 Å². The number of aromatic amines is 1. The van der Waals surface area contributed by atoms with Gasteiger partial charge in [-0.2, -0.15) is 0 Å². The minimum atomic E-state index is -0.305. The first-order chi connectivity index (χ1) is 11.7. The SMILES string of the molecule is CCCCn1ccnc1[C@H]1CCCN(C(=O)c2c[nH]c(=O)cn2)C1. The summed E-state index contributed by atoms with van der Waals surface area (Å²) in [4.78, 5) is 36.5. The molecule has 3 rings (SSSR count). The maximum Gasteiger partial charge on any atom is 0.273 e. The van der Waals surface area contributed by atoms with Crippen molar-refractivity contribution in [2.24, 2.45) is 0 Å². The average molecular weight is 329 g/mol. The van der Waals surface area contributed by atoms with E-state index in [1.54, 1.807) is 0 Å². The summed E-state index contributed by atoms with van der Waals surface area (Å²) < 4.78 is 2.21. The van der Waals surface area contributed by atoms with Crippen molar-refractivity contribution in [1.82, 2.24) is 24.4 Å². The number of carbonyl (C=O) groups excluding carboxylic acids is 1. The van der Waals surface area contributed by atoms with Crippen LogP contribution in [0.5, 0.6) is 0 Å². The molecular formula is C17H23N5O2. The van der Waals surface area contributed by atoms with Crippen molar-refractivity contribution < 1.29 is 4.79 Å². The quantitative estimate of drug-likeness (QED) is 0.906.